The Morgan fingerprint density at radius 2 is 1.68 bits per heavy atom. The van der Waals surface area contributed by atoms with E-state index in [0.29, 0.717) is 5.75 Å². The van der Waals surface area contributed by atoms with E-state index in [1.165, 1.54) is 5.56 Å². The maximum absolute atomic E-state index is 12.1. The van der Waals surface area contributed by atoms with E-state index in [2.05, 4.69) is 26.1 Å². The second kappa shape index (κ2) is 9.40. The molecular weight excluding hydrogens is 354 g/mol. The van der Waals surface area contributed by atoms with Gasteiger partial charge in [0.25, 0.3) is 5.91 Å². The van der Waals surface area contributed by atoms with Crippen LogP contribution < -0.4 is 10.1 Å². The Bertz CT molecular complexity index is 819. The van der Waals surface area contributed by atoms with Gasteiger partial charge in [-0.3, -0.25) is 4.79 Å². The van der Waals surface area contributed by atoms with Crippen LogP contribution in [0.15, 0.2) is 42.5 Å². The molecule has 2 aromatic rings. The lowest BCUT2D eigenvalue weighted by Crippen LogP contribution is -2.24. The van der Waals surface area contributed by atoms with Crippen molar-refractivity contribution in [2.45, 2.75) is 46.5 Å². The Morgan fingerprint density at radius 1 is 1.00 bits per heavy atom. The van der Waals surface area contributed by atoms with Gasteiger partial charge in [0.05, 0.1) is 0 Å². The molecule has 2 rings (SSSR count). The van der Waals surface area contributed by atoms with Gasteiger partial charge in [0.1, 0.15) is 5.75 Å². The third kappa shape index (κ3) is 6.12. The summed E-state index contributed by atoms with van der Waals surface area (Å²) in [6, 6.07) is 13.4. The molecule has 0 saturated heterocycles. The van der Waals surface area contributed by atoms with Crippen molar-refractivity contribution < 1.29 is 19.1 Å². The molecule has 1 amide bonds. The maximum atomic E-state index is 12.1. The van der Waals surface area contributed by atoms with Gasteiger partial charge in [-0.25, -0.2) is 4.79 Å². The number of hydrogen-bond donors (Lipinski definition) is 1. The largest absolute Gasteiger partial charge is 0.482 e. The number of rotatable bonds is 7. The van der Waals surface area contributed by atoms with Crippen molar-refractivity contribution in [1.29, 1.82) is 0 Å². The molecule has 0 unspecified atom stereocenters. The molecule has 0 aromatic heterocycles. The monoisotopic (exact) mass is 383 g/mol. The summed E-state index contributed by atoms with van der Waals surface area (Å²) < 4.78 is 10.4. The highest BCUT2D eigenvalue weighted by Crippen LogP contribution is 2.24. The fraction of sp³-hybridized carbons (Fsp3) is 0.391. The van der Waals surface area contributed by atoms with Crippen molar-refractivity contribution in [3.05, 3.63) is 59.2 Å². The van der Waals surface area contributed by atoms with E-state index in [1.807, 2.05) is 56.3 Å². The number of ether oxygens (including phenoxy) is 2. The maximum Gasteiger partial charge on any atom is 0.344 e. The highest BCUT2D eigenvalue weighted by Gasteiger charge is 2.14. The zero-order valence-corrected chi connectivity index (χ0v) is 17.3. The highest BCUT2D eigenvalue weighted by molar-refractivity contribution is 5.94. The van der Waals surface area contributed by atoms with Crippen LogP contribution in [0.1, 0.15) is 44.4 Å². The lowest BCUT2D eigenvalue weighted by atomic mass is 9.87. The molecule has 0 atom stereocenters. The summed E-state index contributed by atoms with van der Waals surface area (Å²) in [5, 5.41) is 2.82. The SMILES string of the molecule is CCc1cccc(C)c1NC(=O)COC(=O)COc1ccc(C(C)(C)C)cc1. The molecule has 0 bridgehead atoms. The lowest BCUT2D eigenvalue weighted by Gasteiger charge is -2.19. The predicted octanol–water partition coefficient (Wildman–Crippen LogP) is 4.42. The van der Waals surface area contributed by atoms with Gasteiger partial charge in [-0.15, -0.1) is 0 Å². The van der Waals surface area contributed by atoms with Crippen LogP contribution in [0, 0.1) is 6.92 Å². The summed E-state index contributed by atoms with van der Waals surface area (Å²) in [5.41, 5.74) is 4.03. The number of benzene rings is 2. The molecule has 5 nitrogen and oxygen atoms in total. The number of amides is 1. The fourth-order valence-corrected chi connectivity index (χ4v) is 2.76. The normalized spacial score (nSPS) is 11.0. The Balaban J connectivity index is 1.80. The summed E-state index contributed by atoms with van der Waals surface area (Å²) in [7, 11) is 0. The minimum atomic E-state index is -0.587. The third-order valence-electron chi connectivity index (χ3n) is 4.45. The number of para-hydroxylation sites is 1. The molecule has 0 aliphatic heterocycles. The number of anilines is 1. The summed E-state index contributed by atoms with van der Waals surface area (Å²) in [4.78, 5) is 24.0. The Morgan fingerprint density at radius 3 is 2.29 bits per heavy atom. The zero-order valence-electron chi connectivity index (χ0n) is 17.3. The average Bonchev–Trinajstić information content (AvgIpc) is 2.66. The van der Waals surface area contributed by atoms with Gasteiger partial charge >= 0.3 is 5.97 Å². The van der Waals surface area contributed by atoms with Crippen LogP contribution in [0.2, 0.25) is 0 Å². The van der Waals surface area contributed by atoms with Gasteiger partial charge in [0.2, 0.25) is 0 Å². The zero-order chi connectivity index (χ0) is 20.7. The summed E-state index contributed by atoms with van der Waals surface area (Å²) in [6.07, 6.45) is 0.804. The van der Waals surface area contributed by atoms with Crippen LogP contribution in [0.5, 0.6) is 5.75 Å². The van der Waals surface area contributed by atoms with E-state index in [4.69, 9.17) is 9.47 Å². The first-order valence-electron chi connectivity index (χ1n) is 9.48. The Labute approximate surface area is 167 Å². The molecule has 2 aromatic carbocycles. The Hall–Kier alpha value is -2.82. The van der Waals surface area contributed by atoms with Crippen LogP contribution in [0.4, 0.5) is 5.69 Å². The Kier molecular flexibility index (Phi) is 7.21. The molecule has 5 heteroatoms. The van der Waals surface area contributed by atoms with Gasteiger partial charge in [0.15, 0.2) is 13.2 Å². The number of carbonyl (C=O) groups is 2. The van der Waals surface area contributed by atoms with Gasteiger partial charge in [-0.1, -0.05) is 58.0 Å². The van der Waals surface area contributed by atoms with Gasteiger partial charge in [-0.05, 0) is 47.6 Å². The first-order chi connectivity index (χ1) is 13.2. The van der Waals surface area contributed by atoms with E-state index in [0.717, 1.165) is 23.2 Å². The van der Waals surface area contributed by atoms with E-state index in [1.54, 1.807) is 0 Å². The number of carbonyl (C=O) groups excluding carboxylic acids is 2. The molecule has 0 aliphatic rings. The molecule has 0 fully saturated rings. The highest BCUT2D eigenvalue weighted by atomic mass is 16.6. The van der Waals surface area contributed by atoms with Crippen molar-refractivity contribution in [2.24, 2.45) is 0 Å². The molecule has 0 aliphatic carbocycles. The van der Waals surface area contributed by atoms with Crippen LogP contribution in [0.25, 0.3) is 0 Å². The minimum Gasteiger partial charge on any atom is -0.482 e. The quantitative estimate of drug-likeness (QED) is 0.719. The molecular formula is C23H29NO4. The van der Waals surface area contributed by atoms with Crippen LogP contribution in [-0.2, 0) is 26.2 Å². The van der Waals surface area contributed by atoms with Crippen LogP contribution in [-0.4, -0.2) is 25.1 Å². The van der Waals surface area contributed by atoms with E-state index >= 15 is 0 Å². The number of aryl methyl sites for hydroxylation is 2. The van der Waals surface area contributed by atoms with Gasteiger partial charge in [0, 0.05) is 5.69 Å². The van der Waals surface area contributed by atoms with Gasteiger partial charge in [-0.2, -0.15) is 0 Å². The molecule has 150 valence electrons. The summed E-state index contributed by atoms with van der Waals surface area (Å²) in [6.45, 7) is 9.76. The number of esters is 1. The molecule has 28 heavy (non-hydrogen) atoms. The topological polar surface area (TPSA) is 64.6 Å². The number of nitrogens with one attached hydrogen (secondary N) is 1. The second-order valence-electron chi connectivity index (χ2n) is 7.73. The first kappa shape index (κ1) is 21.5. The van der Waals surface area contributed by atoms with Crippen molar-refractivity contribution >= 4 is 17.6 Å². The smallest absolute Gasteiger partial charge is 0.344 e. The van der Waals surface area contributed by atoms with E-state index < -0.39 is 5.97 Å². The minimum absolute atomic E-state index is 0.0551. The van der Waals surface area contributed by atoms with E-state index in [-0.39, 0.29) is 24.5 Å². The van der Waals surface area contributed by atoms with Gasteiger partial charge < -0.3 is 14.8 Å². The standard InChI is InChI=1S/C23H29NO4/c1-6-17-9-7-8-16(2)22(17)24-20(25)14-28-21(26)15-27-19-12-10-18(11-13-19)23(3,4)5/h7-13H,6,14-15H2,1-5H3,(H,24,25). The van der Waals surface area contributed by atoms with Crippen molar-refractivity contribution in [3.63, 3.8) is 0 Å². The third-order valence-corrected chi connectivity index (χ3v) is 4.45. The molecule has 1 N–H and O–H groups in total. The fourth-order valence-electron chi connectivity index (χ4n) is 2.76. The molecule has 0 saturated carbocycles. The summed E-state index contributed by atoms with van der Waals surface area (Å²) in [5.74, 6) is -0.371. The second-order valence-corrected chi connectivity index (χ2v) is 7.73. The summed E-state index contributed by atoms with van der Waals surface area (Å²) >= 11 is 0. The van der Waals surface area contributed by atoms with Crippen molar-refractivity contribution in [3.8, 4) is 5.75 Å². The first-order valence-corrected chi connectivity index (χ1v) is 9.48. The lowest BCUT2D eigenvalue weighted by molar-refractivity contribution is -0.149. The van der Waals surface area contributed by atoms with Crippen LogP contribution in [0.3, 0.4) is 0 Å². The van der Waals surface area contributed by atoms with Crippen LogP contribution >= 0.6 is 0 Å². The molecule has 0 heterocycles. The number of hydrogen-bond acceptors (Lipinski definition) is 4. The van der Waals surface area contributed by atoms with E-state index in [9.17, 15) is 9.59 Å². The van der Waals surface area contributed by atoms with Crippen molar-refractivity contribution in [2.75, 3.05) is 18.5 Å². The average molecular weight is 383 g/mol. The molecule has 0 radical (unpaired) electrons. The van der Waals surface area contributed by atoms with Crippen molar-refractivity contribution in [1.82, 2.24) is 0 Å². The molecule has 0 spiro atoms. The predicted molar refractivity (Wildman–Crippen MR) is 111 cm³/mol.